The fourth-order valence-corrected chi connectivity index (χ4v) is 4.02. The van der Waals surface area contributed by atoms with E-state index in [9.17, 15) is 9.50 Å². The lowest BCUT2D eigenvalue weighted by Crippen LogP contribution is -2.47. The van der Waals surface area contributed by atoms with Gasteiger partial charge in [0.1, 0.15) is 5.60 Å². The molecule has 100 valence electrons. The van der Waals surface area contributed by atoms with Gasteiger partial charge in [-0.25, -0.2) is 4.39 Å². The Kier molecular flexibility index (Phi) is 3.60. The molecule has 0 bridgehead atoms. The van der Waals surface area contributed by atoms with Crippen LogP contribution in [-0.2, 0) is 5.60 Å². The third-order valence-corrected chi connectivity index (χ3v) is 5.05. The molecule has 0 aliphatic carbocycles. The van der Waals surface area contributed by atoms with E-state index < -0.39 is 11.4 Å². The molecule has 2 rings (SSSR count). The first-order valence-corrected chi connectivity index (χ1v) is 7.21. The van der Waals surface area contributed by atoms with E-state index in [0.717, 1.165) is 12.2 Å². The molecule has 18 heavy (non-hydrogen) atoms. The predicted octanol–water partition coefficient (Wildman–Crippen LogP) is 3.19. The van der Waals surface area contributed by atoms with Gasteiger partial charge in [0.2, 0.25) is 0 Å². The maximum Gasteiger partial charge on any atom is 0.171 e. The van der Waals surface area contributed by atoms with E-state index in [-0.39, 0.29) is 11.2 Å². The van der Waals surface area contributed by atoms with E-state index in [1.54, 1.807) is 30.0 Å². The second-order valence-corrected chi connectivity index (χ2v) is 6.47. The Hall–Kier alpha value is -0.740. The van der Waals surface area contributed by atoms with Crippen molar-refractivity contribution in [2.75, 3.05) is 18.6 Å². The highest BCUT2D eigenvalue weighted by atomic mass is 32.2. The van der Waals surface area contributed by atoms with Crippen molar-refractivity contribution in [2.45, 2.75) is 25.9 Å². The molecule has 1 aromatic carbocycles. The van der Waals surface area contributed by atoms with Crippen molar-refractivity contribution in [3.63, 3.8) is 0 Å². The minimum atomic E-state index is -1.14. The van der Waals surface area contributed by atoms with Gasteiger partial charge in [0, 0.05) is 11.3 Å². The molecule has 4 heteroatoms. The van der Waals surface area contributed by atoms with E-state index in [4.69, 9.17) is 4.74 Å². The van der Waals surface area contributed by atoms with Crippen LogP contribution in [0.2, 0.25) is 0 Å². The Balaban J connectivity index is 2.52. The van der Waals surface area contributed by atoms with Crippen LogP contribution in [0.4, 0.5) is 4.39 Å². The fourth-order valence-electron chi connectivity index (χ4n) is 2.38. The smallest absolute Gasteiger partial charge is 0.171 e. The van der Waals surface area contributed by atoms with Crippen molar-refractivity contribution in [1.82, 2.24) is 0 Å². The molecule has 1 saturated heterocycles. The minimum absolute atomic E-state index is 0.187. The Morgan fingerprint density at radius 2 is 2.11 bits per heavy atom. The van der Waals surface area contributed by atoms with Crippen LogP contribution in [0.25, 0.3) is 0 Å². The molecule has 2 nitrogen and oxygen atoms in total. The Bertz CT molecular complexity index is 447. The number of hydrogen-bond donors (Lipinski definition) is 1. The van der Waals surface area contributed by atoms with Crippen molar-refractivity contribution in [1.29, 1.82) is 0 Å². The van der Waals surface area contributed by atoms with Crippen LogP contribution in [0.3, 0.4) is 0 Å². The number of rotatable bonds is 2. The molecule has 1 fully saturated rings. The number of ether oxygens (including phenoxy) is 1. The molecule has 0 amide bonds. The molecule has 1 unspecified atom stereocenters. The van der Waals surface area contributed by atoms with Crippen molar-refractivity contribution in [3.8, 4) is 5.75 Å². The predicted molar refractivity (Wildman–Crippen MR) is 72.6 cm³/mol. The lowest BCUT2D eigenvalue weighted by molar-refractivity contribution is -0.0606. The molecule has 1 aliphatic rings. The van der Waals surface area contributed by atoms with Crippen LogP contribution in [0.1, 0.15) is 25.8 Å². The molecule has 1 heterocycles. The summed E-state index contributed by atoms with van der Waals surface area (Å²) >= 11 is 1.66. The number of thioether (sulfide) groups is 1. The van der Waals surface area contributed by atoms with Gasteiger partial charge in [0.15, 0.2) is 11.6 Å². The molecule has 0 spiro atoms. The van der Waals surface area contributed by atoms with Gasteiger partial charge in [-0.05, 0) is 23.7 Å². The number of hydrogen-bond acceptors (Lipinski definition) is 3. The number of aliphatic hydroxyl groups is 1. The Morgan fingerprint density at radius 3 is 2.72 bits per heavy atom. The third-order valence-electron chi connectivity index (χ3n) is 3.93. The first kappa shape index (κ1) is 13.7. The SMILES string of the molecule is COc1cccc(C2(O)CSCCC2(C)C)c1F. The molecule has 0 radical (unpaired) electrons. The van der Waals surface area contributed by atoms with E-state index in [0.29, 0.717) is 11.3 Å². The average molecular weight is 270 g/mol. The zero-order valence-corrected chi connectivity index (χ0v) is 11.8. The molecule has 0 saturated carbocycles. The summed E-state index contributed by atoms with van der Waals surface area (Å²) in [5.74, 6) is 1.26. The summed E-state index contributed by atoms with van der Waals surface area (Å²) in [5.41, 5.74) is -1.14. The second-order valence-electron chi connectivity index (χ2n) is 5.37. The zero-order valence-electron chi connectivity index (χ0n) is 11.0. The molecule has 1 aliphatic heterocycles. The number of methoxy groups -OCH3 is 1. The van der Waals surface area contributed by atoms with E-state index in [1.165, 1.54) is 7.11 Å². The Labute approximate surface area is 112 Å². The van der Waals surface area contributed by atoms with E-state index in [2.05, 4.69) is 0 Å². The minimum Gasteiger partial charge on any atom is -0.494 e. The van der Waals surface area contributed by atoms with Crippen LogP contribution in [-0.4, -0.2) is 23.7 Å². The van der Waals surface area contributed by atoms with Gasteiger partial charge in [0.05, 0.1) is 7.11 Å². The van der Waals surface area contributed by atoms with Crippen LogP contribution >= 0.6 is 11.8 Å². The first-order chi connectivity index (χ1) is 8.42. The summed E-state index contributed by atoms with van der Waals surface area (Å²) in [4.78, 5) is 0. The van der Waals surface area contributed by atoms with Crippen molar-refractivity contribution >= 4 is 11.8 Å². The second kappa shape index (κ2) is 4.74. The lowest BCUT2D eigenvalue weighted by Gasteiger charge is -2.46. The van der Waals surface area contributed by atoms with Gasteiger partial charge in [-0.2, -0.15) is 11.8 Å². The third kappa shape index (κ3) is 2.01. The van der Waals surface area contributed by atoms with Crippen molar-refractivity contribution in [2.24, 2.45) is 5.41 Å². The first-order valence-electron chi connectivity index (χ1n) is 6.05. The van der Waals surface area contributed by atoms with Gasteiger partial charge in [-0.1, -0.05) is 26.0 Å². The summed E-state index contributed by atoms with van der Waals surface area (Å²) in [6.07, 6.45) is 0.866. The maximum absolute atomic E-state index is 14.4. The highest BCUT2D eigenvalue weighted by molar-refractivity contribution is 7.99. The van der Waals surface area contributed by atoms with Crippen LogP contribution in [0.5, 0.6) is 5.75 Å². The monoisotopic (exact) mass is 270 g/mol. The maximum atomic E-state index is 14.4. The molecular formula is C14H19FO2S. The molecule has 0 aromatic heterocycles. The largest absolute Gasteiger partial charge is 0.494 e. The summed E-state index contributed by atoms with van der Waals surface area (Å²) in [7, 11) is 1.44. The highest BCUT2D eigenvalue weighted by Crippen LogP contribution is 2.49. The zero-order chi connectivity index (χ0) is 13.4. The van der Waals surface area contributed by atoms with Gasteiger partial charge in [0.25, 0.3) is 0 Å². The molecule has 1 N–H and O–H groups in total. The Morgan fingerprint density at radius 1 is 1.39 bits per heavy atom. The van der Waals surface area contributed by atoms with Crippen molar-refractivity contribution < 1.29 is 14.2 Å². The van der Waals surface area contributed by atoms with Gasteiger partial charge < -0.3 is 9.84 Å². The fraction of sp³-hybridized carbons (Fsp3) is 0.571. The normalized spacial score (nSPS) is 26.9. The highest BCUT2D eigenvalue weighted by Gasteiger charge is 2.48. The topological polar surface area (TPSA) is 29.5 Å². The van der Waals surface area contributed by atoms with Crippen molar-refractivity contribution in [3.05, 3.63) is 29.6 Å². The number of halogens is 1. The van der Waals surface area contributed by atoms with Gasteiger partial charge in [-0.15, -0.1) is 0 Å². The molecular weight excluding hydrogens is 251 g/mol. The summed E-state index contributed by atoms with van der Waals surface area (Å²) in [5, 5.41) is 11.0. The summed E-state index contributed by atoms with van der Waals surface area (Å²) in [6, 6.07) is 4.96. The van der Waals surface area contributed by atoms with E-state index in [1.807, 2.05) is 13.8 Å². The molecule has 1 atom stereocenters. The van der Waals surface area contributed by atoms with Gasteiger partial charge >= 0.3 is 0 Å². The standard InChI is InChI=1S/C14H19FO2S/c1-13(2)7-8-18-9-14(13,16)10-5-4-6-11(17-3)12(10)15/h4-6,16H,7-9H2,1-3H3. The average Bonchev–Trinajstić information content (AvgIpc) is 2.33. The van der Waals surface area contributed by atoms with Crippen LogP contribution < -0.4 is 4.74 Å². The lowest BCUT2D eigenvalue weighted by atomic mass is 9.69. The van der Waals surface area contributed by atoms with Gasteiger partial charge in [-0.3, -0.25) is 0 Å². The number of benzene rings is 1. The summed E-state index contributed by atoms with van der Waals surface area (Å²) < 4.78 is 19.3. The van der Waals surface area contributed by atoms with Crippen LogP contribution in [0, 0.1) is 11.2 Å². The van der Waals surface area contributed by atoms with Crippen LogP contribution in [0.15, 0.2) is 18.2 Å². The van der Waals surface area contributed by atoms with E-state index >= 15 is 0 Å². The molecule has 1 aromatic rings. The summed E-state index contributed by atoms with van der Waals surface area (Å²) in [6.45, 7) is 3.98. The quantitative estimate of drug-likeness (QED) is 0.895.